The molecule has 0 atom stereocenters. The Balaban J connectivity index is 2.84. The van der Waals surface area contributed by atoms with Gasteiger partial charge in [0.15, 0.2) is 5.11 Å². The van der Waals surface area contributed by atoms with Crippen LogP contribution in [0.15, 0.2) is 18.2 Å². The van der Waals surface area contributed by atoms with Gasteiger partial charge in [-0.05, 0) is 36.8 Å². The zero-order valence-electron chi connectivity index (χ0n) is 9.57. The Bertz CT molecular complexity index is 435. The topological polar surface area (TPSA) is 24.1 Å². The first-order valence-electron chi connectivity index (χ1n) is 5.25. The summed E-state index contributed by atoms with van der Waals surface area (Å²) >= 11 is 10.6. The number of thiocarbonyl (C=S) groups is 1. The van der Waals surface area contributed by atoms with E-state index in [4.69, 9.17) is 23.8 Å². The summed E-state index contributed by atoms with van der Waals surface area (Å²) in [5, 5.41) is 5.80. The number of halogens is 4. The lowest BCUT2D eigenvalue weighted by Crippen LogP contribution is -2.29. The summed E-state index contributed by atoms with van der Waals surface area (Å²) in [4.78, 5) is 0. The van der Waals surface area contributed by atoms with Gasteiger partial charge in [0.2, 0.25) is 0 Å². The third-order valence-corrected chi connectivity index (χ3v) is 2.48. The molecule has 0 aromatic heterocycles. The van der Waals surface area contributed by atoms with Crippen molar-refractivity contribution in [1.29, 1.82) is 0 Å². The number of alkyl halides is 3. The fourth-order valence-electron chi connectivity index (χ4n) is 1.24. The zero-order valence-corrected chi connectivity index (χ0v) is 11.1. The smallest absolute Gasteiger partial charge is 0.362 e. The first-order chi connectivity index (χ1) is 8.32. The van der Waals surface area contributed by atoms with E-state index in [1.165, 1.54) is 6.07 Å². The maximum atomic E-state index is 12.6. The summed E-state index contributed by atoms with van der Waals surface area (Å²) in [6, 6.07) is 3.22. The molecule has 0 amide bonds. The summed E-state index contributed by atoms with van der Waals surface area (Å²) < 4.78 is 37.7. The van der Waals surface area contributed by atoms with Gasteiger partial charge >= 0.3 is 6.18 Å². The lowest BCUT2D eigenvalue weighted by molar-refractivity contribution is -0.137. The Hall–Kier alpha value is -1.01. The molecule has 1 rings (SSSR count). The number of rotatable bonds is 3. The van der Waals surface area contributed by atoms with Gasteiger partial charge in [-0.15, -0.1) is 0 Å². The Morgan fingerprint density at radius 1 is 1.33 bits per heavy atom. The van der Waals surface area contributed by atoms with Crippen LogP contribution in [0.2, 0.25) is 5.02 Å². The van der Waals surface area contributed by atoms with E-state index in [1.54, 1.807) is 0 Å². The van der Waals surface area contributed by atoms with E-state index in [1.807, 2.05) is 6.92 Å². The lowest BCUT2D eigenvalue weighted by atomic mass is 10.2. The van der Waals surface area contributed by atoms with Crippen LogP contribution in [0.25, 0.3) is 0 Å². The Morgan fingerprint density at radius 3 is 2.56 bits per heavy atom. The summed E-state index contributed by atoms with van der Waals surface area (Å²) in [6.07, 6.45) is -3.56. The second-order valence-electron chi connectivity index (χ2n) is 3.61. The van der Waals surface area contributed by atoms with Crippen LogP contribution in [0.5, 0.6) is 0 Å². The molecule has 0 aliphatic carbocycles. The van der Waals surface area contributed by atoms with Crippen molar-refractivity contribution in [2.24, 2.45) is 0 Å². The first-order valence-corrected chi connectivity index (χ1v) is 6.04. The van der Waals surface area contributed by atoms with Crippen LogP contribution in [0.4, 0.5) is 18.9 Å². The van der Waals surface area contributed by atoms with E-state index in [-0.39, 0.29) is 15.8 Å². The van der Waals surface area contributed by atoms with Crippen molar-refractivity contribution < 1.29 is 13.2 Å². The molecule has 0 aliphatic rings. The van der Waals surface area contributed by atoms with Gasteiger partial charge < -0.3 is 10.6 Å². The van der Waals surface area contributed by atoms with E-state index in [0.717, 1.165) is 18.6 Å². The maximum absolute atomic E-state index is 12.6. The van der Waals surface area contributed by atoms with Crippen LogP contribution >= 0.6 is 23.8 Å². The largest absolute Gasteiger partial charge is 0.416 e. The van der Waals surface area contributed by atoms with Crippen molar-refractivity contribution in [3.63, 3.8) is 0 Å². The summed E-state index contributed by atoms with van der Waals surface area (Å²) in [6.45, 7) is 2.61. The monoisotopic (exact) mass is 296 g/mol. The minimum absolute atomic E-state index is 0.00520. The first kappa shape index (κ1) is 15.0. The van der Waals surface area contributed by atoms with Crippen molar-refractivity contribution in [2.45, 2.75) is 19.5 Å². The molecule has 0 spiro atoms. The standard InChI is InChI=1S/C11H12ClF3N2S/c1-2-3-16-10(18)17-9-5-7(11(13,14)15)4-8(12)6-9/h4-6H,2-3H2,1H3,(H2,16,17,18). The molecule has 1 aromatic rings. The van der Waals surface area contributed by atoms with Gasteiger partial charge in [0.25, 0.3) is 0 Å². The van der Waals surface area contributed by atoms with Crippen molar-refractivity contribution in [1.82, 2.24) is 5.32 Å². The van der Waals surface area contributed by atoms with Crippen molar-refractivity contribution in [3.8, 4) is 0 Å². The Kier molecular flexibility index (Phi) is 5.22. The highest BCUT2D eigenvalue weighted by Crippen LogP contribution is 2.33. The molecule has 1 aromatic carbocycles. The number of hydrogen-bond donors (Lipinski definition) is 2. The number of nitrogens with one attached hydrogen (secondary N) is 2. The van der Waals surface area contributed by atoms with Crippen molar-refractivity contribution >= 4 is 34.6 Å². The van der Waals surface area contributed by atoms with Crippen LogP contribution in [-0.4, -0.2) is 11.7 Å². The Labute approximate surface area is 114 Å². The van der Waals surface area contributed by atoms with E-state index < -0.39 is 11.7 Å². The Morgan fingerprint density at radius 2 is 2.00 bits per heavy atom. The molecule has 0 radical (unpaired) electrons. The van der Waals surface area contributed by atoms with Crippen LogP contribution in [0.1, 0.15) is 18.9 Å². The predicted molar refractivity (Wildman–Crippen MR) is 71.0 cm³/mol. The molecule has 2 N–H and O–H groups in total. The molecular formula is C11H12ClF3N2S. The number of benzene rings is 1. The molecule has 0 saturated heterocycles. The highest BCUT2D eigenvalue weighted by Gasteiger charge is 2.31. The van der Waals surface area contributed by atoms with Gasteiger partial charge in [-0.1, -0.05) is 18.5 Å². The predicted octanol–water partition coefficient (Wildman–Crippen LogP) is 4.06. The van der Waals surface area contributed by atoms with E-state index in [9.17, 15) is 13.2 Å². The molecule has 18 heavy (non-hydrogen) atoms. The van der Waals surface area contributed by atoms with Crippen LogP contribution < -0.4 is 10.6 Å². The minimum Gasteiger partial charge on any atom is -0.362 e. The van der Waals surface area contributed by atoms with Crippen LogP contribution in [0.3, 0.4) is 0 Å². The second kappa shape index (κ2) is 6.24. The van der Waals surface area contributed by atoms with E-state index in [0.29, 0.717) is 6.54 Å². The highest BCUT2D eigenvalue weighted by molar-refractivity contribution is 7.80. The van der Waals surface area contributed by atoms with Crippen molar-refractivity contribution in [3.05, 3.63) is 28.8 Å². The normalized spacial score (nSPS) is 11.2. The second-order valence-corrected chi connectivity index (χ2v) is 4.45. The third-order valence-electron chi connectivity index (χ3n) is 2.02. The molecule has 0 bridgehead atoms. The SMILES string of the molecule is CCCNC(=S)Nc1cc(Cl)cc(C(F)(F)F)c1. The van der Waals surface area contributed by atoms with E-state index in [2.05, 4.69) is 10.6 Å². The minimum atomic E-state index is -4.43. The van der Waals surface area contributed by atoms with Crippen LogP contribution in [0, 0.1) is 0 Å². The highest BCUT2D eigenvalue weighted by atomic mass is 35.5. The fourth-order valence-corrected chi connectivity index (χ4v) is 1.69. The molecule has 0 heterocycles. The van der Waals surface area contributed by atoms with Gasteiger partial charge in [0.1, 0.15) is 0 Å². The average molecular weight is 297 g/mol. The summed E-state index contributed by atoms with van der Waals surface area (Å²) in [5.74, 6) is 0. The fraction of sp³-hybridized carbons (Fsp3) is 0.364. The summed E-state index contributed by atoms with van der Waals surface area (Å²) in [5.41, 5.74) is -0.598. The molecule has 7 heteroatoms. The van der Waals surface area contributed by atoms with Crippen LogP contribution in [-0.2, 0) is 6.18 Å². The van der Waals surface area contributed by atoms with Gasteiger partial charge in [-0.3, -0.25) is 0 Å². The molecule has 0 saturated carbocycles. The molecular weight excluding hydrogens is 285 g/mol. The quantitative estimate of drug-likeness (QED) is 0.823. The molecule has 100 valence electrons. The maximum Gasteiger partial charge on any atom is 0.416 e. The molecule has 2 nitrogen and oxygen atoms in total. The van der Waals surface area contributed by atoms with Gasteiger partial charge in [0.05, 0.1) is 5.56 Å². The molecule has 0 unspecified atom stereocenters. The third kappa shape index (κ3) is 4.70. The zero-order chi connectivity index (χ0) is 13.8. The number of anilines is 1. The van der Waals surface area contributed by atoms with Crippen molar-refractivity contribution in [2.75, 3.05) is 11.9 Å². The summed E-state index contributed by atoms with van der Waals surface area (Å²) in [7, 11) is 0. The molecule has 0 aliphatic heterocycles. The van der Waals surface area contributed by atoms with Gasteiger partial charge in [-0.2, -0.15) is 13.2 Å². The van der Waals surface area contributed by atoms with Gasteiger partial charge in [0, 0.05) is 17.3 Å². The van der Waals surface area contributed by atoms with E-state index >= 15 is 0 Å². The average Bonchev–Trinajstić information content (AvgIpc) is 2.24. The molecule has 0 fully saturated rings. The lowest BCUT2D eigenvalue weighted by Gasteiger charge is -2.13. The number of hydrogen-bond acceptors (Lipinski definition) is 1. The van der Waals surface area contributed by atoms with Gasteiger partial charge in [-0.25, -0.2) is 0 Å².